The molecule has 0 radical (unpaired) electrons. The van der Waals surface area contributed by atoms with Crippen LogP contribution in [0.4, 0.5) is 4.39 Å². The Labute approximate surface area is 128 Å². The first-order chi connectivity index (χ1) is 10.1. The Balaban J connectivity index is 1.58. The summed E-state index contributed by atoms with van der Waals surface area (Å²) in [5.41, 5.74) is 1.06. The van der Waals surface area contributed by atoms with Gasteiger partial charge in [-0.05, 0) is 57.6 Å². The van der Waals surface area contributed by atoms with Crippen LogP contribution in [0, 0.1) is 5.82 Å². The maximum atomic E-state index is 13.1. The van der Waals surface area contributed by atoms with Crippen LogP contribution in [0.2, 0.25) is 0 Å². The smallest absolute Gasteiger partial charge is 0.123 e. The molecule has 4 heteroatoms. The van der Waals surface area contributed by atoms with Crippen LogP contribution in [-0.4, -0.2) is 62.2 Å². The van der Waals surface area contributed by atoms with Crippen molar-refractivity contribution in [3.63, 3.8) is 0 Å². The van der Waals surface area contributed by atoms with Gasteiger partial charge in [0.2, 0.25) is 0 Å². The molecule has 1 aromatic carbocycles. The van der Waals surface area contributed by atoms with Crippen molar-refractivity contribution in [2.24, 2.45) is 0 Å². The summed E-state index contributed by atoms with van der Waals surface area (Å²) in [4.78, 5) is 4.93. The van der Waals surface area contributed by atoms with Crippen LogP contribution < -0.4 is 5.32 Å². The SMILES string of the molecule is CC(Cc1cccc(F)c1)NCCCN1CCN(C)CC1. The van der Waals surface area contributed by atoms with Crippen molar-refractivity contribution in [3.05, 3.63) is 35.6 Å². The maximum absolute atomic E-state index is 13.1. The van der Waals surface area contributed by atoms with E-state index in [-0.39, 0.29) is 5.82 Å². The van der Waals surface area contributed by atoms with Gasteiger partial charge in [0.25, 0.3) is 0 Å². The second kappa shape index (κ2) is 8.47. The highest BCUT2D eigenvalue weighted by Crippen LogP contribution is 2.06. The Morgan fingerprint density at radius 3 is 2.71 bits per heavy atom. The second-order valence-corrected chi connectivity index (χ2v) is 6.19. The number of piperazine rings is 1. The summed E-state index contributed by atoms with van der Waals surface area (Å²) in [5, 5.41) is 3.54. The van der Waals surface area contributed by atoms with Gasteiger partial charge >= 0.3 is 0 Å². The lowest BCUT2D eigenvalue weighted by Crippen LogP contribution is -2.45. The molecule has 3 nitrogen and oxygen atoms in total. The molecule has 1 saturated heterocycles. The molecule has 1 N–H and O–H groups in total. The third-order valence-electron chi connectivity index (χ3n) is 4.17. The summed E-state index contributed by atoms with van der Waals surface area (Å²) < 4.78 is 13.1. The first-order valence-corrected chi connectivity index (χ1v) is 8.02. The Kier molecular flexibility index (Phi) is 6.61. The molecular weight excluding hydrogens is 265 g/mol. The minimum atomic E-state index is -0.144. The average molecular weight is 293 g/mol. The summed E-state index contributed by atoms with van der Waals surface area (Å²) in [7, 11) is 2.19. The van der Waals surface area contributed by atoms with Gasteiger partial charge < -0.3 is 15.1 Å². The number of halogens is 1. The van der Waals surface area contributed by atoms with Gasteiger partial charge in [-0.3, -0.25) is 0 Å². The van der Waals surface area contributed by atoms with Crippen LogP contribution in [0.25, 0.3) is 0 Å². The fourth-order valence-corrected chi connectivity index (χ4v) is 2.81. The van der Waals surface area contributed by atoms with E-state index in [9.17, 15) is 4.39 Å². The zero-order chi connectivity index (χ0) is 15.1. The first kappa shape index (κ1) is 16.4. The van der Waals surface area contributed by atoms with Crippen molar-refractivity contribution in [3.8, 4) is 0 Å². The predicted octanol–water partition coefficient (Wildman–Crippen LogP) is 1.98. The average Bonchev–Trinajstić information content (AvgIpc) is 2.45. The van der Waals surface area contributed by atoms with Crippen molar-refractivity contribution < 1.29 is 4.39 Å². The van der Waals surface area contributed by atoms with Gasteiger partial charge in [0.15, 0.2) is 0 Å². The van der Waals surface area contributed by atoms with Crippen LogP contribution in [0.3, 0.4) is 0 Å². The zero-order valence-corrected chi connectivity index (χ0v) is 13.3. The van der Waals surface area contributed by atoms with Gasteiger partial charge in [-0.2, -0.15) is 0 Å². The molecule has 0 aromatic heterocycles. The molecule has 1 unspecified atom stereocenters. The first-order valence-electron chi connectivity index (χ1n) is 8.02. The highest BCUT2D eigenvalue weighted by Gasteiger charge is 2.12. The van der Waals surface area contributed by atoms with Gasteiger partial charge in [0.1, 0.15) is 5.82 Å². The molecular formula is C17H28FN3. The van der Waals surface area contributed by atoms with E-state index in [4.69, 9.17) is 0 Å². The van der Waals surface area contributed by atoms with E-state index in [0.29, 0.717) is 6.04 Å². The number of likely N-dealkylation sites (N-methyl/N-ethyl adjacent to an activating group) is 1. The fraction of sp³-hybridized carbons (Fsp3) is 0.647. The number of hydrogen-bond donors (Lipinski definition) is 1. The van der Waals surface area contributed by atoms with E-state index in [1.165, 1.54) is 45.2 Å². The van der Waals surface area contributed by atoms with Crippen LogP contribution in [0.1, 0.15) is 18.9 Å². The monoisotopic (exact) mass is 293 g/mol. The number of nitrogens with one attached hydrogen (secondary N) is 1. The third-order valence-corrected chi connectivity index (χ3v) is 4.17. The molecule has 0 amide bonds. The molecule has 1 aliphatic rings. The Bertz CT molecular complexity index is 416. The lowest BCUT2D eigenvalue weighted by atomic mass is 10.1. The topological polar surface area (TPSA) is 18.5 Å². The molecule has 0 aliphatic carbocycles. The minimum absolute atomic E-state index is 0.144. The molecule has 1 heterocycles. The lowest BCUT2D eigenvalue weighted by Gasteiger charge is -2.32. The Hall–Kier alpha value is -0.970. The highest BCUT2D eigenvalue weighted by molar-refractivity contribution is 5.17. The zero-order valence-electron chi connectivity index (χ0n) is 13.3. The van der Waals surface area contributed by atoms with Gasteiger partial charge in [-0.25, -0.2) is 4.39 Å². The Morgan fingerprint density at radius 1 is 1.24 bits per heavy atom. The molecule has 0 bridgehead atoms. The summed E-state index contributed by atoms with van der Waals surface area (Å²) >= 11 is 0. The van der Waals surface area contributed by atoms with Gasteiger partial charge in [0, 0.05) is 32.2 Å². The number of hydrogen-bond acceptors (Lipinski definition) is 3. The van der Waals surface area contributed by atoms with E-state index in [2.05, 4.69) is 29.1 Å². The maximum Gasteiger partial charge on any atom is 0.123 e. The van der Waals surface area contributed by atoms with E-state index in [1.807, 2.05) is 6.07 Å². The van der Waals surface area contributed by atoms with Gasteiger partial charge in [-0.15, -0.1) is 0 Å². The standard InChI is InChI=1S/C17H28FN3/c1-15(13-16-5-3-6-17(18)14-16)19-7-4-8-21-11-9-20(2)10-12-21/h3,5-6,14-15,19H,4,7-13H2,1-2H3. The lowest BCUT2D eigenvalue weighted by molar-refractivity contribution is 0.152. The summed E-state index contributed by atoms with van der Waals surface area (Å²) in [6.45, 7) is 9.12. The van der Waals surface area contributed by atoms with E-state index < -0.39 is 0 Å². The fourth-order valence-electron chi connectivity index (χ4n) is 2.81. The Morgan fingerprint density at radius 2 is 2.00 bits per heavy atom. The second-order valence-electron chi connectivity index (χ2n) is 6.19. The summed E-state index contributed by atoms with van der Waals surface area (Å²) in [6, 6.07) is 7.29. The molecule has 1 aliphatic heterocycles. The van der Waals surface area contributed by atoms with E-state index in [1.54, 1.807) is 12.1 Å². The molecule has 118 valence electrons. The van der Waals surface area contributed by atoms with E-state index >= 15 is 0 Å². The number of rotatable bonds is 7. The van der Waals surface area contributed by atoms with Crippen LogP contribution in [-0.2, 0) is 6.42 Å². The molecule has 1 aromatic rings. The molecule has 21 heavy (non-hydrogen) atoms. The normalized spacial score (nSPS) is 18.8. The number of benzene rings is 1. The van der Waals surface area contributed by atoms with Crippen LogP contribution in [0.5, 0.6) is 0 Å². The van der Waals surface area contributed by atoms with E-state index in [0.717, 1.165) is 18.5 Å². The van der Waals surface area contributed by atoms with Crippen LogP contribution in [0.15, 0.2) is 24.3 Å². The predicted molar refractivity (Wildman–Crippen MR) is 86.1 cm³/mol. The minimum Gasteiger partial charge on any atom is -0.314 e. The van der Waals surface area contributed by atoms with Crippen molar-refractivity contribution >= 4 is 0 Å². The quantitative estimate of drug-likeness (QED) is 0.776. The van der Waals surface area contributed by atoms with Gasteiger partial charge in [-0.1, -0.05) is 12.1 Å². The number of nitrogens with zero attached hydrogens (tertiary/aromatic N) is 2. The molecule has 1 atom stereocenters. The summed E-state index contributed by atoms with van der Waals surface area (Å²) in [6.07, 6.45) is 2.06. The molecule has 2 rings (SSSR count). The van der Waals surface area contributed by atoms with Crippen molar-refractivity contribution in [2.45, 2.75) is 25.8 Å². The van der Waals surface area contributed by atoms with Gasteiger partial charge in [0.05, 0.1) is 0 Å². The van der Waals surface area contributed by atoms with Crippen LogP contribution >= 0.6 is 0 Å². The van der Waals surface area contributed by atoms with Crippen molar-refractivity contribution in [1.82, 2.24) is 15.1 Å². The highest BCUT2D eigenvalue weighted by atomic mass is 19.1. The third kappa shape index (κ3) is 6.12. The molecule has 0 saturated carbocycles. The molecule has 0 spiro atoms. The molecule has 1 fully saturated rings. The van der Waals surface area contributed by atoms with Crippen molar-refractivity contribution in [2.75, 3.05) is 46.3 Å². The largest absolute Gasteiger partial charge is 0.314 e. The van der Waals surface area contributed by atoms with Crippen molar-refractivity contribution in [1.29, 1.82) is 0 Å². The summed E-state index contributed by atoms with van der Waals surface area (Å²) in [5.74, 6) is -0.144.